The Labute approximate surface area is 195 Å². The first-order valence-electron chi connectivity index (χ1n) is 12.4. The van der Waals surface area contributed by atoms with Crippen molar-refractivity contribution in [3.8, 4) is 5.75 Å². The quantitative estimate of drug-likeness (QED) is 0.701. The van der Waals surface area contributed by atoms with Crippen LogP contribution in [0.15, 0.2) is 18.2 Å². The SMILES string of the molecule is O=C1C[C@@H]2CCN(C(=O)N3CCOCC3)C[C@@H]2CCOc2ccc(C3CCOCC3)cc2N1. The molecule has 4 aliphatic rings. The number of amides is 3. The Morgan fingerprint density at radius 2 is 1.67 bits per heavy atom. The zero-order chi connectivity index (χ0) is 22.6. The van der Waals surface area contributed by atoms with Gasteiger partial charge in [0.2, 0.25) is 5.91 Å². The van der Waals surface area contributed by atoms with E-state index in [1.807, 2.05) is 15.9 Å². The molecule has 1 N–H and O–H groups in total. The first kappa shape index (κ1) is 22.5. The number of benzene rings is 1. The molecule has 3 amide bonds. The molecule has 5 rings (SSSR count). The minimum atomic E-state index is 0.0360. The van der Waals surface area contributed by atoms with Crippen LogP contribution in [0.2, 0.25) is 0 Å². The van der Waals surface area contributed by atoms with E-state index in [9.17, 15) is 9.59 Å². The minimum Gasteiger partial charge on any atom is -0.491 e. The molecule has 33 heavy (non-hydrogen) atoms. The maximum absolute atomic E-state index is 13.0. The Hall–Kier alpha value is -2.32. The van der Waals surface area contributed by atoms with Gasteiger partial charge in [-0.25, -0.2) is 4.79 Å². The Bertz CT molecular complexity index is 850. The van der Waals surface area contributed by atoms with Gasteiger partial charge in [-0.2, -0.15) is 0 Å². The monoisotopic (exact) mass is 457 g/mol. The maximum Gasteiger partial charge on any atom is 0.320 e. The second-order valence-corrected chi connectivity index (χ2v) is 9.67. The van der Waals surface area contributed by atoms with Gasteiger partial charge < -0.3 is 29.3 Å². The predicted molar refractivity (Wildman–Crippen MR) is 124 cm³/mol. The van der Waals surface area contributed by atoms with Crippen LogP contribution in [0.3, 0.4) is 0 Å². The van der Waals surface area contributed by atoms with Gasteiger partial charge in [0.15, 0.2) is 0 Å². The lowest BCUT2D eigenvalue weighted by molar-refractivity contribution is -0.118. The van der Waals surface area contributed by atoms with Crippen molar-refractivity contribution in [3.05, 3.63) is 23.8 Å². The summed E-state index contributed by atoms with van der Waals surface area (Å²) in [4.78, 5) is 29.8. The fourth-order valence-electron chi connectivity index (χ4n) is 5.62. The molecule has 0 aliphatic carbocycles. The topological polar surface area (TPSA) is 80.3 Å². The number of rotatable bonds is 1. The minimum absolute atomic E-state index is 0.0360. The van der Waals surface area contributed by atoms with Crippen molar-refractivity contribution in [2.75, 3.05) is 64.5 Å². The Morgan fingerprint density at radius 1 is 0.879 bits per heavy atom. The van der Waals surface area contributed by atoms with Crippen LogP contribution in [-0.4, -0.2) is 81.0 Å². The number of ether oxygens (including phenoxy) is 3. The lowest BCUT2D eigenvalue weighted by atomic mass is 9.81. The van der Waals surface area contributed by atoms with Gasteiger partial charge in [0.25, 0.3) is 0 Å². The zero-order valence-electron chi connectivity index (χ0n) is 19.3. The Kier molecular flexibility index (Phi) is 7.02. The van der Waals surface area contributed by atoms with Gasteiger partial charge in [-0.15, -0.1) is 0 Å². The summed E-state index contributed by atoms with van der Waals surface area (Å²) < 4.78 is 17.0. The number of morpholine rings is 1. The summed E-state index contributed by atoms with van der Waals surface area (Å²) in [6.07, 6.45) is 4.20. The van der Waals surface area contributed by atoms with Crippen molar-refractivity contribution in [1.82, 2.24) is 9.80 Å². The van der Waals surface area contributed by atoms with Crippen LogP contribution in [-0.2, 0) is 14.3 Å². The first-order chi connectivity index (χ1) is 16.2. The van der Waals surface area contributed by atoms with E-state index in [2.05, 4.69) is 17.4 Å². The number of nitrogens with zero attached hydrogens (tertiary/aromatic N) is 2. The van der Waals surface area contributed by atoms with Gasteiger partial charge in [-0.3, -0.25) is 4.79 Å². The number of nitrogens with one attached hydrogen (secondary N) is 1. The summed E-state index contributed by atoms with van der Waals surface area (Å²) in [5.74, 6) is 1.76. The largest absolute Gasteiger partial charge is 0.491 e. The summed E-state index contributed by atoms with van der Waals surface area (Å²) in [5.41, 5.74) is 2.02. The maximum atomic E-state index is 13.0. The van der Waals surface area contributed by atoms with Crippen molar-refractivity contribution in [3.63, 3.8) is 0 Å². The molecule has 3 saturated heterocycles. The number of anilines is 1. The highest BCUT2D eigenvalue weighted by Crippen LogP contribution is 2.36. The molecule has 3 fully saturated rings. The highest BCUT2D eigenvalue weighted by Gasteiger charge is 2.35. The van der Waals surface area contributed by atoms with Gasteiger partial charge >= 0.3 is 6.03 Å². The molecule has 0 aromatic heterocycles. The van der Waals surface area contributed by atoms with Gasteiger partial charge in [-0.1, -0.05) is 6.07 Å². The molecule has 4 aliphatic heterocycles. The molecular weight excluding hydrogens is 422 g/mol. The van der Waals surface area contributed by atoms with Gasteiger partial charge in [0.1, 0.15) is 5.75 Å². The molecule has 8 heteroatoms. The molecular formula is C25H35N3O5. The lowest BCUT2D eigenvalue weighted by Crippen LogP contribution is -2.52. The average Bonchev–Trinajstić information content (AvgIpc) is 2.86. The zero-order valence-corrected chi connectivity index (χ0v) is 19.3. The van der Waals surface area contributed by atoms with E-state index < -0.39 is 0 Å². The fourth-order valence-corrected chi connectivity index (χ4v) is 5.62. The van der Waals surface area contributed by atoms with E-state index in [-0.39, 0.29) is 23.8 Å². The van der Waals surface area contributed by atoms with E-state index in [1.54, 1.807) is 0 Å². The van der Waals surface area contributed by atoms with Crippen molar-refractivity contribution >= 4 is 17.6 Å². The summed E-state index contributed by atoms with van der Waals surface area (Å²) in [6.45, 7) is 6.08. The van der Waals surface area contributed by atoms with Crippen LogP contribution in [0.4, 0.5) is 10.5 Å². The van der Waals surface area contributed by atoms with Crippen LogP contribution < -0.4 is 10.1 Å². The van der Waals surface area contributed by atoms with Gasteiger partial charge in [0.05, 0.1) is 25.5 Å². The van der Waals surface area contributed by atoms with Crippen LogP contribution in [0.25, 0.3) is 0 Å². The number of piperidine rings is 1. The number of hydrogen-bond donors (Lipinski definition) is 1. The van der Waals surface area contributed by atoms with E-state index in [4.69, 9.17) is 14.2 Å². The lowest BCUT2D eigenvalue weighted by Gasteiger charge is -2.41. The number of likely N-dealkylation sites (tertiary alicyclic amines) is 1. The first-order valence-corrected chi connectivity index (χ1v) is 12.4. The van der Waals surface area contributed by atoms with Crippen LogP contribution in [0.1, 0.15) is 43.6 Å². The summed E-state index contributed by atoms with van der Waals surface area (Å²) in [5, 5.41) is 3.13. The molecule has 2 atom stereocenters. The van der Waals surface area contributed by atoms with Crippen LogP contribution in [0.5, 0.6) is 5.75 Å². The third kappa shape index (κ3) is 5.27. The van der Waals surface area contributed by atoms with E-state index >= 15 is 0 Å². The summed E-state index contributed by atoms with van der Waals surface area (Å²) >= 11 is 0. The summed E-state index contributed by atoms with van der Waals surface area (Å²) in [6, 6.07) is 6.31. The number of carbonyl (C=O) groups excluding carboxylic acids is 2. The molecule has 1 aromatic carbocycles. The molecule has 8 nitrogen and oxygen atoms in total. The van der Waals surface area contributed by atoms with Crippen LogP contribution in [0, 0.1) is 11.8 Å². The second kappa shape index (κ2) is 10.3. The number of hydrogen-bond acceptors (Lipinski definition) is 5. The predicted octanol–water partition coefficient (Wildman–Crippen LogP) is 3.08. The molecule has 1 aromatic rings. The van der Waals surface area contributed by atoms with Crippen molar-refractivity contribution in [2.24, 2.45) is 11.8 Å². The molecule has 180 valence electrons. The van der Waals surface area contributed by atoms with E-state index in [1.165, 1.54) is 5.56 Å². The highest BCUT2D eigenvalue weighted by atomic mass is 16.5. The van der Waals surface area contributed by atoms with Crippen molar-refractivity contribution in [1.29, 1.82) is 0 Å². The molecule has 0 bridgehead atoms. The highest BCUT2D eigenvalue weighted by molar-refractivity contribution is 5.92. The van der Waals surface area contributed by atoms with Crippen LogP contribution >= 0.6 is 0 Å². The molecule has 0 spiro atoms. The number of urea groups is 1. The van der Waals surface area contributed by atoms with E-state index in [0.717, 1.165) is 50.3 Å². The average molecular weight is 458 g/mol. The third-order valence-corrected chi connectivity index (χ3v) is 7.61. The smallest absolute Gasteiger partial charge is 0.320 e. The normalized spacial score (nSPS) is 27.1. The second-order valence-electron chi connectivity index (χ2n) is 9.67. The fraction of sp³-hybridized carbons (Fsp3) is 0.680. The Balaban J connectivity index is 1.26. The molecule has 0 saturated carbocycles. The third-order valence-electron chi connectivity index (χ3n) is 7.61. The Morgan fingerprint density at radius 3 is 2.48 bits per heavy atom. The number of carbonyl (C=O) groups is 2. The molecule has 0 unspecified atom stereocenters. The number of fused-ring (bicyclic) bond motifs is 2. The van der Waals surface area contributed by atoms with Crippen molar-refractivity contribution in [2.45, 2.75) is 38.0 Å². The molecule has 0 radical (unpaired) electrons. The van der Waals surface area contributed by atoms with Crippen molar-refractivity contribution < 1.29 is 23.8 Å². The van der Waals surface area contributed by atoms with Gasteiger partial charge in [-0.05, 0) is 61.1 Å². The summed E-state index contributed by atoms with van der Waals surface area (Å²) in [7, 11) is 0. The standard InChI is InChI=1S/C25H35N3O5/c29-24-16-20-3-7-28(25(30)27-8-13-32-14-9-27)17-21(20)6-12-33-23-2-1-19(15-22(23)26-24)18-4-10-31-11-5-18/h1-2,15,18,20-21H,3-14,16-17H2,(H,26,29)/t20-,21-/m0/s1. The van der Waals surface area contributed by atoms with E-state index in [0.29, 0.717) is 58.3 Å². The van der Waals surface area contributed by atoms with Gasteiger partial charge in [0, 0.05) is 45.8 Å². The molecule has 4 heterocycles.